The van der Waals surface area contributed by atoms with Crippen molar-refractivity contribution in [2.45, 2.75) is 19.1 Å². The van der Waals surface area contributed by atoms with Crippen LogP contribution in [-0.4, -0.2) is 39.3 Å². The molecule has 2 N–H and O–H groups in total. The molecular weight excluding hydrogens is 502 g/mol. The first kappa shape index (κ1) is 24.2. The highest BCUT2D eigenvalue weighted by atomic mass is 79.9. The quantitative estimate of drug-likeness (QED) is 0.350. The highest BCUT2D eigenvalue weighted by Crippen LogP contribution is 2.38. The maximum Gasteiger partial charge on any atom is 0.231 e. The molecule has 0 saturated carbocycles. The van der Waals surface area contributed by atoms with Crippen molar-refractivity contribution in [1.29, 1.82) is 0 Å². The summed E-state index contributed by atoms with van der Waals surface area (Å²) in [6.07, 6.45) is 0.0896. The summed E-state index contributed by atoms with van der Waals surface area (Å²) in [7, 11) is 3.27. The summed E-state index contributed by atoms with van der Waals surface area (Å²) in [5, 5.41) is 14.1. The van der Waals surface area contributed by atoms with Gasteiger partial charge < -0.3 is 34.1 Å². The molecule has 180 valence electrons. The van der Waals surface area contributed by atoms with Crippen molar-refractivity contribution in [3.63, 3.8) is 0 Å². The summed E-state index contributed by atoms with van der Waals surface area (Å²) in [5.41, 5.74) is 3.00. The molecule has 34 heavy (non-hydrogen) atoms. The standard InChI is InChI=1S/C26H28BrNO6/c1-30-20-6-3-17(4-7-20)9-10-28-14-18-11-21(27)26(25(12-18)31-2)32-15-22(29)19-5-8-23-24(13-19)34-16-33-23/h3-8,11-13,22,28-29H,9-10,14-16H2,1-2H3. The molecule has 4 rings (SSSR count). The minimum atomic E-state index is -0.828. The molecule has 0 fully saturated rings. The molecular formula is C26H28BrNO6. The summed E-state index contributed by atoms with van der Waals surface area (Å²) >= 11 is 3.58. The Kier molecular flexibility index (Phi) is 8.16. The van der Waals surface area contributed by atoms with Crippen molar-refractivity contribution < 1.29 is 28.8 Å². The van der Waals surface area contributed by atoms with Crippen LogP contribution in [0.4, 0.5) is 0 Å². The van der Waals surface area contributed by atoms with Crippen LogP contribution in [0.1, 0.15) is 22.8 Å². The Bertz CT molecular complexity index is 1110. The van der Waals surface area contributed by atoms with Crippen LogP contribution in [0, 0.1) is 0 Å². The molecule has 0 aromatic heterocycles. The van der Waals surface area contributed by atoms with Gasteiger partial charge in [0, 0.05) is 6.54 Å². The van der Waals surface area contributed by atoms with Gasteiger partial charge in [0.05, 0.1) is 18.7 Å². The third kappa shape index (κ3) is 5.94. The molecule has 0 bridgehead atoms. The summed E-state index contributed by atoms with van der Waals surface area (Å²) in [4.78, 5) is 0. The van der Waals surface area contributed by atoms with Crippen LogP contribution in [0.2, 0.25) is 0 Å². The lowest BCUT2D eigenvalue weighted by molar-refractivity contribution is 0.105. The number of hydrogen-bond donors (Lipinski definition) is 2. The molecule has 3 aromatic rings. The van der Waals surface area contributed by atoms with E-state index in [2.05, 4.69) is 33.4 Å². The normalized spacial score (nSPS) is 12.9. The predicted octanol–water partition coefficient (Wildman–Crippen LogP) is 4.64. The van der Waals surface area contributed by atoms with Gasteiger partial charge in [-0.2, -0.15) is 0 Å². The van der Waals surface area contributed by atoms with E-state index in [1.165, 1.54) is 5.56 Å². The van der Waals surface area contributed by atoms with E-state index in [0.29, 0.717) is 35.1 Å². The van der Waals surface area contributed by atoms with Crippen LogP contribution in [0.15, 0.2) is 59.1 Å². The molecule has 0 amide bonds. The molecule has 0 aliphatic carbocycles. The smallest absolute Gasteiger partial charge is 0.231 e. The number of nitrogens with one attached hydrogen (secondary N) is 1. The number of rotatable bonds is 11. The largest absolute Gasteiger partial charge is 0.497 e. The van der Waals surface area contributed by atoms with Crippen LogP contribution in [-0.2, 0) is 13.0 Å². The van der Waals surface area contributed by atoms with Gasteiger partial charge in [-0.25, -0.2) is 0 Å². The van der Waals surface area contributed by atoms with Crippen LogP contribution < -0.4 is 29.0 Å². The summed E-state index contributed by atoms with van der Waals surface area (Å²) in [5.74, 6) is 3.30. The van der Waals surface area contributed by atoms with E-state index in [1.54, 1.807) is 32.4 Å². The molecule has 1 aliphatic rings. The van der Waals surface area contributed by atoms with Gasteiger partial charge in [0.15, 0.2) is 23.0 Å². The lowest BCUT2D eigenvalue weighted by atomic mass is 10.1. The fourth-order valence-corrected chi connectivity index (χ4v) is 4.26. The summed E-state index contributed by atoms with van der Waals surface area (Å²) < 4.78 is 28.1. The molecule has 1 heterocycles. The van der Waals surface area contributed by atoms with Crippen LogP contribution in [0.5, 0.6) is 28.7 Å². The zero-order valence-corrected chi connectivity index (χ0v) is 20.8. The second-order valence-corrected chi connectivity index (χ2v) is 8.68. The Morgan fingerprint density at radius 2 is 1.76 bits per heavy atom. The van der Waals surface area contributed by atoms with Crippen molar-refractivity contribution in [2.24, 2.45) is 0 Å². The zero-order chi connectivity index (χ0) is 23.9. The molecule has 0 spiro atoms. The molecule has 0 radical (unpaired) electrons. The highest BCUT2D eigenvalue weighted by Gasteiger charge is 2.19. The third-order valence-corrected chi connectivity index (χ3v) is 6.12. The molecule has 3 aromatic carbocycles. The Morgan fingerprint density at radius 1 is 0.971 bits per heavy atom. The Balaban J connectivity index is 1.31. The number of benzene rings is 3. The number of halogens is 1. The van der Waals surface area contributed by atoms with Crippen molar-refractivity contribution in [1.82, 2.24) is 5.32 Å². The molecule has 0 saturated heterocycles. The van der Waals surface area contributed by atoms with Gasteiger partial charge >= 0.3 is 0 Å². The van der Waals surface area contributed by atoms with Crippen molar-refractivity contribution in [3.05, 3.63) is 75.8 Å². The zero-order valence-electron chi connectivity index (χ0n) is 19.2. The minimum Gasteiger partial charge on any atom is -0.497 e. The van der Waals surface area contributed by atoms with Gasteiger partial charge in [-0.1, -0.05) is 18.2 Å². The number of hydrogen-bond acceptors (Lipinski definition) is 7. The Hall–Kier alpha value is -2.94. The second-order valence-electron chi connectivity index (χ2n) is 7.82. The van der Waals surface area contributed by atoms with E-state index < -0.39 is 6.10 Å². The maximum absolute atomic E-state index is 10.6. The third-order valence-electron chi connectivity index (χ3n) is 5.53. The van der Waals surface area contributed by atoms with Crippen molar-refractivity contribution in [3.8, 4) is 28.7 Å². The van der Waals surface area contributed by atoms with Gasteiger partial charge in [0.25, 0.3) is 0 Å². The lowest BCUT2D eigenvalue weighted by Crippen LogP contribution is -2.17. The van der Waals surface area contributed by atoms with Crippen LogP contribution in [0.3, 0.4) is 0 Å². The fourth-order valence-electron chi connectivity index (χ4n) is 3.65. The van der Waals surface area contributed by atoms with Gasteiger partial charge in [-0.15, -0.1) is 0 Å². The van der Waals surface area contributed by atoms with Crippen molar-refractivity contribution >= 4 is 15.9 Å². The monoisotopic (exact) mass is 529 g/mol. The van der Waals surface area contributed by atoms with E-state index in [0.717, 1.165) is 28.8 Å². The van der Waals surface area contributed by atoms with E-state index in [9.17, 15) is 5.11 Å². The van der Waals surface area contributed by atoms with Crippen molar-refractivity contribution in [2.75, 3.05) is 34.2 Å². The minimum absolute atomic E-state index is 0.0636. The average molecular weight is 530 g/mol. The Morgan fingerprint density at radius 3 is 2.53 bits per heavy atom. The molecule has 7 nitrogen and oxygen atoms in total. The molecule has 1 atom stereocenters. The Labute approximate surface area is 207 Å². The number of methoxy groups -OCH3 is 2. The summed E-state index contributed by atoms with van der Waals surface area (Å²) in [6, 6.07) is 17.4. The summed E-state index contributed by atoms with van der Waals surface area (Å²) in [6.45, 7) is 1.78. The maximum atomic E-state index is 10.6. The fraction of sp³-hybridized carbons (Fsp3) is 0.308. The predicted molar refractivity (Wildman–Crippen MR) is 132 cm³/mol. The van der Waals surface area contributed by atoms with E-state index >= 15 is 0 Å². The first-order chi connectivity index (χ1) is 16.6. The highest BCUT2D eigenvalue weighted by molar-refractivity contribution is 9.10. The number of aliphatic hydroxyl groups excluding tert-OH is 1. The van der Waals surface area contributed by atoms with E-state index in [-0.39, 0.29) is 13.4 Å². The lowest BCUT2D eigenvalue weighted by Gasteiger charge is -2.17. The molecule has 8 heteroatoms. The average Bonchev–Trinajstić information content (AvgIpc) is 3.34. The molecule has 1 unspecified atom stereocenters. The van der Waals surface area contributed by atoms with Gasteiger partial charge in [0.1, 0.15) is 18.5 Å². The van der Waals surface area contributed by atoms with Gasteiger partial charge in [-0.05, 0) is 82.0 Å². The van der Waals surface area contributed by atoms with E-state index in [1.807, 2.05) is 24.3 Å². The first-order valence-corrected chi connectivity index (χ1v) is 11.8. The van der Waals surface area contributed by atoms with Crippen LogP contribution >= 0.6 is 15.9 Å². The first-order valence-electron chi connectivity index (χ1n) is 11.0. The number of ether oxygens (including phenoxy) is 5. The number of aliphatic hydroxyl groups is 1. The van der Waals surface area contributed by atoms with Crippen LogP contribution in [0.25, 0.3) is 0 Å². The van der Waals surface area contributed by atoms with Gasteiger partial charge in [-0.3, -0.25) is 0 Å². The molecule has 1 aliphatic heterocycles. The number of fused-ring (bicyclic) bond motifs is 1. The van der Waals surface area contributed by atoms with E-state index in [4.69, 9.17) is 23.7 Å². The second kappa shape index (κ2) is 11.5. The topological polar surface area (TPSA) is 78.4 Å². The van der Waals surface area contributed by atoms with Gasteiger partial charge in [0.2, 0.25) is 6.79 Å². The SMILES string of the molecule is COc1ccc(CCNCc2cc(Br)c(OCC(O)c3ccc4c(c3)OCO4)c(OC)c2)cc1.